The molecule has 2 aromatic rings. The Morgan fingerprint density at radius 2 is 0.912 bits per heavy atom. The van der Waals surface area contributed by atoms with Crippen LogP contribution in [0.15, 0.2) is 36.4 Å². The Balaban J connectivity index is 2.11. The number of esters is 4. The molecular formula is C24H28O10. The van der Waals surface area contributed by atoms with Gasteiger partial charge in [0.05, 0.1) is 41.7 Å². The molecule has 0 amide bonds. The van der Waals surface area contributed by atoms with Crippen molar-refractivity contribution in [1.82, 2.24) is 0 Å². The lowest BCUT2D eigenvalue weighted by atomic mass is 10.1. The smallest absolute Gasteiger partial charge is 0.320 e. The zero-order valence-corrected chi connectivity index (χ0v) is 19.5. The molecule has 0 unspecified atom stereocenters. The fourth-order valence-corrected chi connectivity index (χ4v) is 3.30. The number of hydrogen-bond acceptors (Lipinski definition) is 10. The van der Waals surface area contributed by atoms with Gasteiger partial charge in [-0.25, -0.2) is 0 Å². The molecule has 0 aliphatic heterocycles. The molecule has 0 radical (unpaired) electrons. The Bertz CT molecular complexity index is 903. The first-order chi connectivity index (χ1) is 16.4. The van der Waals surface area contributed by atoms with E-state index in [4.69, 9.17) is 9.47 Å². The van der Waals surface area contributed by atoms with E-state index in [1.807, 2.05) is 24.3 Å². The molecule has 0 fully saturated rings. The first-order valence-corrected chi connectivity index (χ1v) is 10.5. The average molecular weight is 476 g/mol. The molecule has 0 spiro atoms. The monoisotopic (exact) mass is 476 g/mol. The van der Waals surface area contributed by atoms with Crippen LogP contribution in [0.2, 0.25) is 0 Å². The SMILES string of the molecule is COC(=O)C(CCOc1ccc(OCCC(C(=O)OC)C(=O)OC)c2ccccc12)C(=O)OC. The van der Waals surface area contributed by atoms with Crippen molar-refractivity contribution in [2.24, 2.45) is 11.8 Å². The van der Waals surface area contributed by atoms with E-state index in [9.17, 15) is 19.2 Å². The van der Waals surface area contributed by atoms with Gasteiger partial charge in [0.1, 0.15) is 11.5 Å². The van der Waals surface area contributed by atoms with Crippen molar-refractivity contribution in [3.63, 3.8) is 0 Å². The summed E-state index contributed by atoms with van der Waals surface area (Å²) in [4.78, 5) is 47.3. The topological polar surface area (TPSA) is 124 Å². The third-order valence-electron chi connectivity index (χ3n) is 5.12. The Hall–Kier alpha value is -3.82. The van der Waals surface area contributed by atoms with Gasteiger partial charge in [-0.3, -0.25) is 19.2 Å². The lowest BCUT2D eigenvalue weighted by Crippen LogP contribution is -2.28. The Labute approximate surface area is 197 Å². The van der Waals surface area contributed by atoms with E-state index in [1.165, 1.54) is 28.4 Å². The Kier molecular flexibility index (Phi) is 10.1. The largest absolute Gasteiger partial charge is 0.493 e. The van der Waals surface area contributed by atoms with Crippen LogP contribution in [0.4, 0.5) is 0 Å². The summed E-state index contributed by atoms with van der Waals surface area (Å²) in [6, 6.07) is 10.7. The van der Waals surface area contributed by atoms with E-state index in [0.29, 0.717) is 11.5 Å². The molecule has 0 aromatic heterocycles. The van der Waals surface area contributed by atoms with Gasteiger partial charge in [-0.05, 0) is 12.1 Å². The van der Waals surface area contributed by atoms with Gasteiger partial charge in [0.15, 0.2) is 11.8 Å². The molecule has 34 heavy (non-hydrogen) atoms. The predicted octanol–water partition coefficient (Wildman–Crippen LogP) is 2.30. The van der Waals surface area contributed by atoms with Crippen molar-refractivity contribution >= 4 is 34.6 Å². The molecule has 0 bridgehead atoms. The highest BCUT2D eigenvalue weighted by Crippen LogP contribution is 2.33. The second-order valence-electron chi connectivity index (χ2n) is 7.08. The fourth-order valence-electron chi connectivity index (χ4n) is 3.30. The van der Waals surface area contributed by atoms with Crippen LogP contribution in [0.1, 0.15) is 12.8 Å². The summed E-state index contributed by atoms with van der Waals surface area (Å²) in [5.41, 5.74) is 0. The van der Waals surface area contributed by atoms with Crippen molar-refractivity contribution in [3.05, 3.63) is 36.4 Å². The minimum Gasteiger partial charge on any atom is -0.493 e. The third-order valence-corrected chi connectivity index (χ3v) is 5.12. The summed E-state index contributed by atoms with van der Waals surface area (Å²) < 4.78 is 30.3. The van der Waals surface area contributed by atoms with Crippen molar-refractivity contribution in [1.29, 1.82) is 0 Å². The number of benzene rings is 2. The third kappa shape index (κ3) is 6.60. The molecule has 10 heteroatoms. The van der Waals surface area contributed by atoms with Crippen molar-refractivity contribution in [2.75, 3.05) is 41.7 Å². The van der Waals surface area contributed by atoms with Crippen LogP contribution in [-0.4, -0.2) is 65.5 Å². The number of methoxy groups -OCH3 is 4. The van der Waals surface area contributed by atoms with Crippen LogP contribution in [0.25, 0.3) is 10.8 Å². The molecule has 10 nitrogen and oxygen atoms in total. The molecular weight excluding hydrogens is 448 g/mol. The molecule has 0 N–H and O–H groups in total. The van der Waals surface area contributed by atoms with Gasteiger partial charge in [-0.2, -0.15) is 0 Å². The van der Waals surface area contributed by atoms with Gasteiger partial charge in [-0.15, -0.1) is 0 Å². The van der Waals surface area contributed by atoms with Gasteiger partial charge in [-0.1, -0.05) is 24.3 Å². The van der Waals surface area contributed by atoms with Crippen LogP contribution in [0.5, 0.6) is 11.5 Å². The van der Waals surface area contributed by atoms with E-state index in [0.717, 1.165) is 10.8 Å². The molecule has 0 heterocycles. The zero-order valence-electron chi connectivity index (χ0n) is 19.5. The van der Waals surface area contributed by atoms with Gasteiger partial charge < -0.3 is 28.4 Å². The van der Waals surface area contributed by atoms with Gasteiger partial charge in [0.25, 0.3) is 0 Å². The molecule has 0 aliphatic rings. The van der Waals surface area contributed by atoms with Crippen LogP contribution < -0.4 is 9.47 Å². The van der Waals surface area contributed by atoms with Gasteiger partial charge in [0, 0.05) is 23.6 Å². The molecule has 0 atom stereocenters. The van der Waals surface area contributed by atoms with Crippen LogP contribution in [0.3, 0.4) is 0 Å². The number of rotatable bonds is 12. The maximum Gasteiger partial charge on any atom is 0.320 e. The normalized spacial score (nSPS) is 10.6. The minimum atomic E-state index is -1.08. The Morgan fingerprint density at radius 3 is 1.21 bits per heavy atom. The van der Waals surface area contributed by atoms with Crippen LogP contribution >= 0.6 is 0 Å². The lowest BCUT2D eigenvalue weighted by molar-refractivity contribution is -0.161. The standard InChI is InChI=1S/C24H28O10/c1-29-21(25)17(22(26)30-2)11-13-33-19-9-10-20(16-8-6-5-7-15(16)19)34-14-12-18(23(27)31-3)24(28)32-4/h5-10,17-18H,11-14H2,1-4H3. The zero-order chi connectivity index (χ0) is 25.1. The van der Waals surface area contributed by atoms with Crippen molar-refractivity contribution in [2.45, 2.75) is 12.8 Å². The van der Waals surface area contributed by atoms with Gasteiger partial charge >= 0.3 is 23.9 Å². The maximum atomic E-state index is 11.8. The highest BCUT2D eigenvalue weighted by molar-refractivity contribution is 5.95. The summed E-state index contributed by atoms with van der Waals surface area (Å²) >= 11 is 0. The first kappa shape index (κ1) is 26.4. The van der Waals surface area contributed by atoms with E-state index in [-0.39, 0.29) is 26.1 Å². The number of carbonyl (C=O) groups excluding carboxylic acids is 4. The van der Waals surface area contributed by atoms with E-state index in [2.05, 4.69) is 18.9 Å². The van der Waals surface area contributed by atoms with Crippen LogP contribution in [0, 0.1) is 11.8 Å². The number of fused-ring (bicyclic) bond motifs is 1. The van der Waals surface area contributed by atoms with E-state index >= 15 is 0 Å². The summed E-state index contributed by atoms with van der Waals surface area (Å²) in [7, 11) is 4.79. The summed E-state index contributed by atoms with van der Waals surface area (Å²) in [5, 5.41) is 1.48. The molecule has 0 saturated heterocycles. The predicted molar refractivity (Wildman–Crippen MR) is 119 cm³/mol. The average Bonchev–Trinajstić information content (AvgIpc) is 2.88. The van der Waals surface area contributed by atoms with Crippen LogP contribution in [-0.2, 0) is 38.1 Å². The lowest BCUT2D eigenvalue weighted by Gasteiger charge is -2.16. The highest BCUT2D eigenvalue weighted by Gasteiger charge is 2.29. The van der Waals surface area contributed by atoms with E-state index < -0.39 is 35.7 Å². The molecule has 184 valence electrons. The molecule has 2 rings (SSSR count). The maximum absolute atomic E-state index is 11.8. The van der Waals surface area contributed by atoms with E-state index in [1.54, 1.807) is 12.1 Å². The first-order valence-electron chi connectivity index (χ1n) is 10.5. The quantitative estimate of drug-likeness (QED) is 0.256. The Morgan fingerprint density at radius 1 is 0.588 bits per heavy atom. The summed E-state index contributed by atoms with van der Waals surface area (Å²) in [6.45, 7) is 0.137. The van der Waals surface area contributed by atoms with Crippen molar-refractivity contribution < 1.29 is 47.6 Å². The molecule has 0 saturated carbocycles. The summed E-state index contributed by atoms with van der Waals surface area (Å²) in [5.74, 6) is -3.88. The van der Waals surface area contributed by atoms with Gasteiger partial charge in [0.2, 0.25) is 0 Å². The minimum absolute atomic E-state index is 0.0685. The molecule has 2 aromatic carbocycles. The summed E-state index contributed by atoms with van der Waals surface area (Å²) in [6.07, 6.45) is 0.155. The molecule has 0 aliphatic carbocycles. The second kappa shape index (κ2) is 13.0. The number of carbonyl (C=O) groups is 4. The highest BCUT2D eigenvalue weighted by atomic mass is 16.6. The van der Waals surface area contributed by atoms with Crippen molar-refractivity contribution in [3.8, 4) is 11.5 Å². The number of hydrogen-bond donors (Lipinski definition) is 0. The number of ether oxygens (including phenoxy) is 6. The second-order valence-corrected chi connectivity index (χ2v) is 7.08. The fraction of sp³-hybridized carbons (Fsp3) is 0.417.